The molecule has 2 N–H and O–H groups in total. The van der Waals surface area contributed by atoms with Gasteiger partial charge in [-0.25, -0.2) is 12.8 Å². The Kier molecular flexibility index (Phi) is 4.57. The molecule has 9 heteroatoms. The van der Waals surface area contributed by atoms with E-state index in [1.807, 2.05) is 4.90 Å². The van der Waals surface area contributed by atoms with Gasteiger partial charge >= 0.3 is 0 Å². The Labute approximate surface area is 143 Å². The molecule has 1 fully saturated rings. The van der Waals surface area contributed by atoms with E-state index in [1.54, 1.807) is 17.5 Å². The minimum Gasteiger partial charge on any atom is -0.369 e. The highest BCUT2D eigenvalue weighted by Gasteiger charge is 2.32. The van der Waals surface area contributed by atoms with Gasteiger partial charge in [0.05, 0.1) is 0 Å². The van der Waals surface area contributed by atoms with E-state index in [2.05, 4.69) is 0 Å². The van der Waals surface area contributed by atoms with Crippen molar-refractivity contribution in [3.63, 3.8) is 0 Å². The van der Waals surface area contributed by atoms with Crippen LogP contribution in [0.25, 0.3) is 0 Å². The second kappa shape index (κ2) is 6.50. The Morgan fingerprint density at radius 1 is 1.08 bits per heavy atom. The maximum atomic E-state index is 13.0. The molecule has 1 saturated heterocycles. The smallest absolute Gasteiger partial charge is 0.260 e. The van der Waals surface area contributed by atoms with Gasteiger partial charge in [-0.2, -0.15) is 4.31 Å². The molecule has 24 heavy (non-hydrogen) atoms. The van der Waals surface area contributed by atoms with Crippen molar-refractivity contribution in [2.45, 2.75) is 4.90 Å². The van der Waals surface area contributed by atoms with Crippen LogP contribution in [-0.4, -0.2) is 44.8 Å². The summed E-state index contributed by atoms with van der Waals surface area (Å²) < 4.78 is 39.8. The minimum atomic E-state index is -3.75. The molecule has 128 valence electrons. The van der Waals surface area contributed by atoms with Crippen LogP contribution in [0, 0.1) is 5.82 Å². The van der Waals surface area contributed by atoms with Crippen LogP contribution in [0.3, 0.4) is 0 Å². The predicted octanol–water partition coefficient (Wildman–Crippen LogP) is 1.50. The summed E-state index contributed by atoms with van der Waals surface area (Å²) in [7, 11) is -3.75. The van der Waals surface area contributed by atoms with Crippen LogP contribution in [0.5, 0.6) is 0 Å². The largest absolute Gasteiger partial charge is 0.369 e. The molecule has 0 unspecified atom stereocenters. The molecule has 0 aliphatic carbocycles. The van der Waals surface area contributed by atoms with Crippen LogP contribution < -0.4 is 10.6 Å². The third-order valence-corrected chi connectivity index (χ3v) is 6.90. The van der Waals surface area contributed by atoms with Crippen molar-refractivity contribution < 1.29 is 17.6 Å². The molecule has 1 aromatic heterocycles. The molecule has 2 aromatic rings. The van der Waals surface area contributed by atoms with Crippen LogP contribution in [0.2, 0.25) is 0 Å². The standard InChI is InChI=1S/C15H16FN3O3S2/c16-11-1-3-12(4-2-11)18-6-8-19(9-7-18)24(21,22)13-5-10-23-14(13)15(17)20/h1-5,10H,6-9H2,(H2,17,20). The third kappa shape index (κ3) is 3.14. The van der Waals surface area contributed by atoms with Gasteiger partial charge in [-0.3, -0.25) is 4.79 Å². The number of hydrogen-bond acceptors (Lipinski definition) is 5. The van der Waals surface area contributed by atoms with Gasteiger partial charge in [0.15, 0.2) is 0 Å². The summed E-state index contributed by atoms with van der Waals surface area (Å²) in [4.78, 5) is 13.4. The van der Waals surface area contributed by atoms with Crippen molar-refractivity contribution in [3.05, 3.63) is 46.4 Å². The highest BCUT2D eigenvalue weighted by atomic mass is 32.2. The number of anilines is 1. The maximum Gasteiger partial charge on any atom is 0.260 e. The van der Waals surface area contributed by atoms with Gasteiger partial charge < -0.3 is 10.6 Å². The van der Waals surface area contributed by atoms with E-state index in [0.717, 1.165) is 17.0 Å². The number of carbonyl (C=O) groups excluding carboxylic acids is 1. The lowest BCUT2D eigenvalue weighted by Gasteiger charge is -2.35. The monoisotopic (exact) mass is 369 g/mol. The molecule has 6 nitrogen and oxygen atoms in total. The molecule has 0 spiro atoms. The summed E-state index contributed by atoms with van der Waals surface area (Å²) in [5.41, 5.74) is 6.09. The number of thiophene rings is 1. The molecule has 1 aliphatic heterocycles. The molecule has 0 radical (unpaired) electrons. The summed E-state index contributed by atoms with van der Waals surface area (Å²) in [6.07, 6.45) is 0. The SMILES string of the molecule is NC(=O)c1sccc1S(=O)(=O)N1CCN(c2ccc(F)cc2)CC1. The number of hydrogen-bond donors (Lipinski definition) is 1. The van der Waals surface area contributed by atoms with E-state index in [4.69, 9.17) is 5.73 Å². The third-order valence-electron chi connectivity index (χ3n) is 3.90. The molecule has 1 aromatic carbocycles. The van der Waals surface area contributed by atoms with Gasteiger partial charge in [-0.05, 0) is 35.7 Å². The first-order chi connectivity index (χ1) is 11.4. The summed E-state index contributed by atoms with van der Waals surface area (Å²) >= 11 is 1.02. The lowest BCUT2D eigenvalue weighted by molar-refractivity contribution is 0.100. The molecule has 3 rings (SSSR count). The van der Waals surface area contributed by atoms with Crippen molar-refractivity contribution in [2.75, 3.05) is 31.1 Å². The molecule has 0 atom stereocenters. The van der Waals surface area contributed by atoms with Crippen molar-refractivity contribution in [2.24, 2.45) is 5.73 Å². The summed E-state index contributed by atoms with van der Waals surface area (Å²) in [5, 5.41) is 1.54. The highest BCUT2D eigenvalue weighted by Crippen LogP contribution is 2.26. The van der Waals surface area contributed by atoms with Gasteiger partial charge in [-0.1, -0.05) is 0 Å². The summed E-state index contributed by atoms with van der Waals surface area (Å²) in [5.74, 6) is -1.05. The van der Waals surface area contributed by atoms with Crippen LogP contribution in [-0.2, 0) is 10.0 Å². The van der Waals surface area contributed by atoms with E-state index in [-0.39, 0.29) is 28.7 Å². The first-order valence-electron chi connectivity index (χ1n) is 7.27. The lowest BCUT2D eigenvalue weighted by Crippen LogP contribution is -2.48. The average Bonchev–Trinajstić information content (AvgIpc) is 3.06. The molecule has 1 amide bonds. The fourth-order valence-corrected chi connectivity index (χ4v) is 5.34. The molecular weight excluding hydrogens is 353 g/mol. The predicted molar refractivity (Wildman–Crippen MR) is 90.2 cm³/mol. The van der Waals surface area contributed by atoms with Crippen LogP contribution in [0.15, 0.2) is 40.6 Å². The number of rotatable bonds is 4. The lowest BCUT2D eigenvalue weighted by atomic mass is 10.2. The second-order valence-electron chi connectivity index (χ2n) is 5.35. The number of amides is 1. The maximum absolute atomic E-state index is 13.0. The van der Waals surface area contributed by atoms with Crippen LogP contribution >= 0.6 is 11.3 Å². The fourth-order valence-electron chi connectivity index (χ4n) is 2.66. The van der Waals surface area contributed by atoms with Gasteiger partial charge in [0.25, 0.3) is 5.91 Å². The average molecular weight is 369 g/mol. The normalized spacial score (nSPS) is 16.3. The molecular formula is C15H16FN3O3S2. The Morgan fingerprint density at radius 3 is 2.29 bits per heavy atom. The molecule has 0 bridgehead atoms. The Morgan fingerprint density at radius 2 is 1.71 bits per heavy atom. The van der Waals surface area contributed by atoms with Crippen LogP contribution in [0.4, 0.5) is 10.1 Å². The molecule has 0 saturated carbocycles. The Balaban J connectivity index is 1.75. The van der Waals surface area contributed by atoms with Crippen molar-refractivity contribution >= 4 is 33.0 Å². The number of primary amides is 1. The van der Waals surface area contributed by atoms with Gasteiger partial charge in [0, 0.05) is 31.9 Å². The van der Waals surface area contributed by atoms with Gasteiger partial charge in [0.2, 0.25) is 10.0 Å². The number of nitrogens with two attached hydrogens (primary N) is 1. The van der Waals surface area contributed by atoms with Crippen LogP contribution in [0.1, 0.15) is 9.67 Å². The zero-order valence-corrected chi connectivity index (χ0v) is 14.3. The zero-order valence-electron chi connectivity index (χ0n) is 12.7. The molecule has 1 aliphatic rings. The number of piperazine rings is 1. The van der Waals surface area contributed by atoms with Crippen molar-refractivity contribution in [3.8, 4) is 0 Å². The van der Waals surface area contributed by atoms with Crippen molar-refractivity contribution in [1.82, 2.24) is 4.31 Å². The number of benzene rings is 1. The summed E-state index contributed by atoms with van der Waals surface area (Å²) in [6.45, 7) is 1.54. The van der Waals surface area contributed by atoms with Gasteiger partial charge in [0.1, 0.15) is 15.6 Å². The quantitative estimate of drug-likeness (QED) is 0.885. The number of halogens is 1. The minimum absolute atomic E-state index is 0.0322. The van der Waals surface area contributed by atoms with Gasteiger partial charge in [-0.15, -0.1) is 11.3 Å². The topological polar surface area (TPSA) is 83.7 Å². The van der Waals surface area contributed by atoms with E-state index >= 15 is 0 Å². The summed E-state index contributed by atoms with van der Waals surface area (Å²) in [6, 6.07) is 7.51. The first kappa shape index (κ1) is 16.9. The Hall–Kier alpha value is -1.97. The fraction of sp³-hybridized carbons (Fsp3) is 0.267. The van der Waals surface area contributed by atoms with E-state index in [1.165, 1.54) is 22.5 Å². The first-order valence-corrected chi connectivity index (χ1v) is 9.59. The number of nitrogens with zero attached hydrogens (tertiary/aromatic N) is 2. The Bertz CT molecular complexity index is 841. The molecule has 2 heterocycles. The number of carbonyl (C=O) groups is 1. The van der Waals surface area contributed by atoms with E-state index in [9.17, 15) is 17.6 Å². The van der Waals surface area contributed by atoms with E-state index in [0.29, 0.717) is 13.1 Å². The number of sulfonamides is 1. The van der Waals surface area contributed by atoms with E-state index < -0.39 is 15.9 Å². The zero-order chi connectivity index (χ0) is 17.3. The second-order valence-corrected chi connectivity index (χ2v) is 8.17. The highest BCUT2D eigenvalue weighted by molar-refractivity contribution is 7.89. The van der Waals surface area contributed by atoms with Crippen molar-refractivity contribution in [1.29, 1.82) is 0 Å².